The van der Waals surface area contributed by atoms with Gasteiger partial charge in [0.1, 0.15) is 0 Å². The Morgan fingerprint density at radius 1 is 1.30 bits per heavy atom. The van der Waals surface area contributed by atoms with Gasteiger partial charge in [0.15, 0.2) is 0 Å². The van der Waals surface area contributed by atoms with E-state index in [1.54, 1.807) is 24.5 Å². The summed E-state index contributed by atoms with van der Waals surface area (Å²) in [6, 6.07) is 7.81. The Bertz CT molecular complexity index is 644. The van der Waals surface area contributed by atoms with E-state index in [0.29, 0.717) is 5.69 Å². The van der Waals surface area contributed by atoms with E-state index in [0.717, 1.165) is 5.56 Å². The van der Waals surface area contributed by atoms with Gasteiger partial charge in [0.2, 0.25) is 5.91 Å². The third-order valence-electron chi connectivity index (χ3n) is 2.57. The lowest BCUT2D eigenvalue weighted by Crippen LogP contribution is -2.14. The van der Waals surface area contributed by atoms with Crippen LogP contribution in [0.1, 0.15) is 15.9 Å². The molecule has 0 aliphatic heterocycles. The zero-order valence-corrected chi connectivity index (χ0v) is 11.1. The van der Waals surface area contributed by atoms with Gasteiger partial charge in [-0.05, 0) is 29.8 Å². The summed E-state index contributed by atoms with van der Waals surface area (Å²) in [6.07, 6.45) is 3.43. The minimum atomic E-state index is -1.11. The number of benzene rings is 1. The summed E-state index contributed by atoms with van der Waals surface area (Å²) in [5.74, 6) is -1.33. The molecule has 5 nitrogen and oxygen atoms in total. The number of hydrogen-bond acceptors (Lipinski definition) is 3. The molecule has 1 aromatic heterocycles. The first-order valence-electron chi connectivity index (χ1n) is 5.78. The number of carbonyl (C=O) groups excluding carboxylic acids is 1. The Balaban J connectivity index is 2.05. The monoisotopic (exact) mass is 290 g/mol. The van der Waals surface area contributed by atoms with Gasteiger partial charge in [-0.15, -0.1) is 0 Å². The van der Waals surface area contributed by atoms with Gasteiger partial charge in [-0.3, -0.25) is 9.78 Å². The Hall–Kier alpha value is -2.40. The van der Waals surface area contributed by atoms with Gasteiger partial charge in [-0.2, -0.15) is 0 Å². The van der Waals surface area contributed by atoms with Crippen molar-refractivity contribution < 1.29 is 14.7 Å². The van der Waals surface area contributed by atoms with E-state index in [9.17, 15) is 9.59 Å². The fourth-order valence-electron chi connectivity index (χ4n) is 1.66. The molecule has 2 N–H and O–H groups in total. The number of amides is 1. The SMILES string of the molecule is O=C(Cc1cccnc1)Nc1ccc(C(=O)O)c(Cl)c1. The molecule has 20 heavy (non-hydrogen) atoms. The molecular weight excluding hydrogens is 280 g/mol. The van der Waals surface area contributed by atoms with Crippen molar-refractivity contribution in [3.63, 3.8) is 0 Å². The first kappa shape index (κ1) is 14.0. The number of anilines is 1. The largest absolute Gasteiger partial charge is 0.478 e. The van der Waals surface area contributed by atoms with Crippen LogP contribution >= 0.6 is 11.6 Å². The van der Waals surface area contributed by atoms with Crippen LogP contribution in [0.2, 0.25) is 5.02 Å². The molecule has 102 valence electrons. The highest BCUT2D eigenvalue weighted by Gasteiger charge is 2.10. The van der Waals surface area contributed by atoms with E-state index in [1.807, 2.05) is 0 Å². The summed E-state index contributed by atoms with van der Waals surface area (Å²) in [6.45, 7) is 0. The van der Waals surface area contributed by atoms with Gasteiger partial charge in [0.25, 0.3) is 0 Å². The molecule has 0 bridgehead atoms. The van der Waals surface area contributed by atoms with Crippen LogP contribution in [-0.2, 0) is 11.2 Å². The van der Waals surface area contributed by atoms with Crippen molar-refractivity contribution in [3.8, 4) is 0 Å². The van der Waals surface area contributed by atoms with Crippen LogP contribution < -0.4 is 5.32 Å². The standard InChI is InChI=1S/C14H11ClN2O3/c15-12-7-10(3-4-11(12)14(19)20)17-13(18)6-9-2-1-5-16-8-9/h1-5,7-8H,6H2,(H,17,18)(H,19,20). The Morgan fingerprint density at radius 2 is 2.10 bits per heavy atom. The second-order valence-electron chi connectivity index (χ2n) is 4.09. The lowest BCUT2D eigenvalue weighted by molar-refractivity contribution is -0.115. The molecule has 0 aliphatic carbocycles. The highest BCUT2D eigenvalue weighted by atomic mass is 35.5. The minimum absolute atomic E-state index is 0.00285. The maximum absolute atomic E-state index is 11.8. The topological polar surface area (TPSA) is 79.3 Å². The van der Waals surface area contributed by atoms with Gasteiger partial charge in [0.05, 0.1) is 17.0 Å². The molecule has 1 amide bonds. The number of nitrogens with zero attached hydrogens (tertiary/aromatic N) is 1. The molecule has 1 aromatic carbocycles. The van der Waals surface area contributed by atoms with Crippen LogP contribution in [0.15, 0.2) is 42.7 Å². The molecule has 0 saturated carbocycles. The number of hydrogen-bond donors (Lipinski definition) is 2. The number of aromatic nitrogens is 1. The summed E-state index contributed by atoms with van der Waals surface area (Å²) in [7, 11) is 0. The molecule has 0 fully saturated rings. The second-order valence-corrected chi connectivity index (χ2v) is 4.49. The van der Waals surface area contributed by atoms with Gasteiger partial charge in [-0.25, -0.2) is 4.79 Å². The van der Waals surface area contributed by atoms with Crippen molar-refractivity contribution in [3.05, 3.63) is 58.9 Å². The Labute approximate surface area is 120 Å². The maximum Gasteiger partial charge on any atom is 0.337 e. The first-order chi connectivity index (χ1) is 9.56. The van der Waals surface area contributed by atoms with E-state index in [2.05, 4.69) is 10.3 Å². The predicted molar refractivity (Wildman–Crippen MR) is 75.0 cm³/mol. The van der Waals surface area contributed by atoms with Crippen molar-refractivity contribution >= 4 is 29.2 Å². The van der Waals surface area contributed by atoms with Crippen LogP contribution in [0, 0.1) is 0 Å². The Kier molecular flexibility index (Phi) is 4.32. The van der Waals surface area contributed by atoms with Crippen molar-refractivity contribution in [2.75, 3.05) is 5.32 Å². The number of aromatic carboxylic acids is 1. The normalized spacial score (nSPS) is 10.1. The smallest absolute Gasteiger partial charge is 0.337 e. The van der Waals surface area contributed by atoms with Gasteiger partial charge < -0.3 is 10.4 Å². The molecule has 0 spiro atoms. The lowest BCUT2D eigenvalue weighted by Gasteiger charge is -2.07. The summed E-state index contributed by atoms with van der Waals surface area (Å²) in [5, 5.41) is 11.6. The maximum atomic E-state index is 11.8. The molecule has 0 atom stereocenters. The average Bonchev–Trinajstić information content (AvgIpc) is 2.39. The van der Waals surface area contributed by atoms with Crippen LogP contribution in [0.4, 0.5) is 5.69 Å². The quantitative estimate of drug-likeness (QED) is 0.907. The number of halogens is 1. The molecule has 0 aliphatic rings. The van der Waals surface area contributed by atoms with Crippen molar-refractivity contribution in [2.24, 2.45) is 0 Å². The zero-order valence-electron chi connectivity index (χ0n) is 10.3. The van der Waals surface area contributed by atoms with Gasteiger partial charge in [0, 0.05) is 18.1 Å². The van der Waals surface area contributed by atoms with Gasteiger partial charge >= 0.3 is 5.97 Å². The van der Waals surface area contributed by atoms with E-state index >= 15 is 0 Å². The number of rotatable bonds is 4. The summed E-state index contributed by atoms with van der Waals surface area (Å²) in [4.78, 5) is 26.6. The number of carboxylic acid groups (broad SMARTS) is 1. The number of carbonyl (C=O) groups is 2. The van der Waals surface area contributed by atoms with E-state index < -0.39 is 5.97 Å². The van der Waals surface area contributed by atoms with Crippen LogP contribution in [0.25, 0.3) is 0 Å². The Morgan fingerprint density at radius 3 is 2.70 bits per heavy atom. The highest BCUT2D eigenvalue weighted by molar-refractivity contribution is 6.33. The second kappa shape index (κ2) is 6.16. The zero-order chi connectivity index (χ0) is 14.5. The average molecular weight is 291 g/mol. The van der Waals surface area contributed by atoms with Crippen LogP contribution in [-0.4, -0.2) is 22.0 Å². The third kappa shape index (κ3) is 3.55. The number of carboxylic acids is 1. The third-order valence-corrected chi connectivity index (χ3v) is 2.88. The predicted octanol–water partition coefficient (Wildman–Crippen LogP) is 2.61. The molecular formula is C14H11ClN2O3. The summed E-state index contributed by atoms with van der Waals surface area (Å²) >= 11 is 5.83. The molecule has 2 rings (SSSR count). The molecule has 1 heterocycles. The number of pyridine rings is 1. The highest BCUT2D eigenvalue weighted by Crippen LogP contribution is 2.21. The first-order valence-corrected chi connectivity index (χ1v) is 6.15. The van der Waals surface area contributed by atoms with E-state index in [4.69, 9.17) is 16.7 Å². The number of nitrogens with one attached hydrogen (secondary N) is 1. The van der Waals surface area contributed by atoms with Crippen molar-refractivity contribution in [1.82, 2.24) is 4.98 Å². The van der Waals surface area contributed by atoms with Crippen molar-refractivity contribution in [2.45, 2.75) is 6.42 Å². The molecule has 2 aromatic rings. The fraction of sp³-hybridized carbons (Fsp3) is 0.0714. The van der Waals surface area contributed by atoms with Crippen molar-refractivity contribution in [1.29, 1.82) is 0 Å². The molecule has 0 saturated heterocycles. The lowest BCUT2D eigenvalue weighted by atomic mass is 10.2. The summed E-state index contributed by atoms with van der Waals surface area (Å²) in [5.41, 5.74) is 1.24. The van der Waals surface area contributed by atoms with E-state index in [-0.39, 0.29) is 22.9 Å². The molecule has 0 radical (unpaired) electrons. The molecule has 6 heteroatoms. The van der Waals surface area contributed by atoms with E-state index in [1.165, 1.54) is 18.2 Å². The minimum Gasteiger partial charge on any atom is -0.478 e. The fourth-order valence-corrected chi connectivity index (χ4v) is 1.92. The molecule has 0 unspecified atom stereocenters. The summed E-state index contributed by atoms with van der Waals surface area (Å²) < 4.78 is 0. The van der Waals surface area contributed by atoms with Crippen LogP contribution in [0.5, 0.6) is 0 Å². The van der Waals surface area contributed by atoms with Gasteiger partial charge in [-0.1, -0.05) is 17.7 Å². The van der Waals surface area contributed by atoms with Crippen LogP contribution in [0.3, 0.4) is 0 Å².